The van der Waals surface area contributed by atoms with Gasteiger partial charge in [0.05, 0.1) is 81.2 Å². The summed E-state index contributed by atoms with van der Waals surface area (Å²) in [7, 11) is 0. The number of carboxylic acids is 6. The van der Waals surface area contributed by atoms with Crippen LogP contribution in [0.2, 0.25) is 0 Å². The molecule has 1 fully saturated rings. The Balaban J connectivity index is 1.14. The number of esters is 1. The van der Waals surface area contributed by atoms with Gasteiger partial charge in [-0.3, -0.25) is 67.0 Å². The van der Waals surface area contributed by atoms with E-state index in [0.29, 0.717) is 30.6 Å². The van der Waals surface area contributed by atoms with Crippen molar-refractivity contribution in [3.05, 3.63) is 126 Å². The van der Waals surface area contributed by atoms with E-state index in [9.17, 15) is 118 Å². The van der Waals surface area contributed by atoms with Crippen LogP contribution in [0.3, 0.4) is 0 Å². The van der Waals surface area contributed by atoms with E-state index < -0.39 is 219 Å². The molecule has 706 valence electrons. The quantitative estimate of drug-likeness (QED) is 0.0126. The third-order valence-electron chi connectivity index (χ3n) is 20.3. The first-order valence-electron chi connectivity index (χ1n) is 41.8. The van der Waals surface area contributed by atoms with Crippen molar-refractivity contribution in [2.45, 2.75) is 230 Å². The summed E-state index contributed by atoms with van der Waals surface area (Å²) in [5, 5.41) is 112. The highest BCUT2D eigenvalue weighted by Crippen LogP contribution is 2.31. The van der Waals surface area contributed by atoms with Gasteiger partial charge in [-0.25, -0.2) is 24.4 Å². The largest absolute Gasteiger partial charge is 0.492 e. The number of aliphatic hydroxyl groups is 1. The number of rotatable bonds is 54. The number of alkyl carbamates (subject to hydrolysis) is 1. The minimum atomic E-state index is -2.33. The SMILES string of the molecule is C/C=C/[C@@H]1O[C@H](C(/C=C/C=C(\C)C[C@@H](C)/C=C(C)\C=C\[C@H]2CC=CC(=O)O2)CNC(=O)OCCc2cn(CCC[C@H](NC(=O)[C@@H](CC(=O)O)NC(=O)[C@@H](CC(=O)O)NC(=O)[C@@H](CC(=O)O)NC(=O)CC[C@@H](C)NC(=O)c3ccc(NCc4cnc5nc(N)nc(O)c5n4)cc3)C(=O)N[C@H](CC(=O)O)C(=O)N[C@H](CC(=O)O)C(=O)N[C@H](CCCCN)C(=O)O)nn2)C[C@@H](O)[C@@H]1C. The van der Waals surface area contributed by atoms with Crippen molar-refractivity contribution in [1.29, 1.82) is 0 Å². The molecule has 0 saturated carbocycles. The summed E-state index contributed by atoms with van der Waals surface area (Å²) < 4.78 is 18.6. The number of carbonyl (C=O) groups excluding carboxylic acids is 10. The minimum absolute atomic E-state index is 0.0193. The van der Waals surface area contributed by atoms with Crippen LogP contribution in [0.25, 0.3) is 11.2 Å². The van der Waals surface area contributed by atoms with Crippen LogP contribution in [-0.2, 0) is 101 Å². The van der Waals surface area contributed by atoms with Gasteiger partial charge in [0.1, 0.15) is 48.4 Å². The number of benzene rings is 1. The Kier molecular flexibility index (Phi) is 42.5. The molecule has 2 aliphatic heterocycles. The first-order chi connectivity index (χ1) is 61.6. The lowest BCUT2D eigenvalue weighted by Gasteiger charge is -2.39. The van der Waals surface area contributed by atoms with Crippen LogP contribution >= 0.6 is 0 Å². The number of amides is 9. The highest BCUT2D eigenvalue weighted by Gasteiger charge is 2.40. The molecule has 3 aromatic heterocycles. The van der Waals surface area contributed by atoms with Gasteiger partial charge < -0.3 is 120 Å². The molecular formula is C84H113N19O27. The summed E-state index contributed by atoms with van der Waals surface area (Å²) in [6, 6.07) is -9.34. The van der Waals surface area contributed by atoms with E-state index in [-0.39, 0.29) is 118 Å². The lowest BCUT2D eigenvalue weighted by Crippen LogP contribution is -2.60. The lowest BCUT2D eigenvalue weighted by atomic mass is 9.85. The number of nitrogens with one attached hydrogen (secondary N) is 10. The van der Waals surface area contributed by atoms with Crippen molar-refractivity contribution in [1.82, 2.24) is 82.8 Å². The average Bonchev–Trinajstić information content (AvgIpc) is 1.79. The number of nitrogen functional groups attached to an aromatic ring is 1. The summed E-state index contributed by atoms with van der Waals surface area (Å²) in [6.07, 6.45) is 12.3. The number of fused-ring (bicyclic) bond motifs is 1. The summed E-state index contributed by atoms with van der Waals surface area (Å²) in [4.78, 5) is 226. The van der Waals surface area contributed by atoms with E-state index in [1.807, 2.05) is 86.2 Å². The van der Waals surface area contributed by atoms with Crippen LogP contribution in [0.5, 0.6) is 5.88 Å². The predicted octanol–water partition coefficient (Wildman–Crippen LogP) is 0.789. The number of carbonyl (C=O) groups is 16. The maximum Gasteiger partial charge on any atom is 0.407 e. The number of nitrogens with zero attached hydrogens (tertiary/aromatic N) is 7. The Morgan fingerprint density at radius 1 is 0.677 bits per heavy atom. The molecule has 1 aromatic carbocycles. The predicted molar refractivity (Wildman–Crippen MR) is 459 cm³/mol. The van der Waals surface area contributed by atoms with Crippen molar-refractivity contribution in [2.24, 2.45) is 23.5 Å². The standard InChI is InChI=1S/C84H113N19O27/c1-7-13-63-48(6)62(104)39-64(130-63)50(15-10-14-44(2)32-46(4)33-45(3)20-26-54-16-11-19-71(116)129-54)40-89-84(127)128-31-28-52-43-103(102-101-52)30-12-18-55(75(118)95-60(37-69(112)113)79(122)98-59(36-68(110)111)78(121)94-56(82(125)126)17-8-9-29-85)93-77(120)58(35-67(108)109)97-80(123)61(38-70(114)115)96-76(119)57(34-66(106)107)92-65(105)27-21-47(5)90-74(117)49-22-24-51(25-23-49)87-41-53-42-88-73-72(91-53)81(124)100-83(86)99-73/h7,10-11,13-15,19-20,22-26,33,42-43,46-48,50,54-64,87,104H,8-9,12,16-18,21,27-32,34-41,85H2,1-6H3,(H,89,127)(H,90,117)(H,92,105)(H,93,120)(H,94,121)(H,95,118)(H,96,119)(H,97,123)(H,98,122)(H,106,107)(H,108,109)(H,110,111)(H,112,113)(H,114,115)(H,125,126)(H3,86,88,99,100,124)/b13-7+,15-10+,26-20+,44-14+,45-33-/t46-,47-,48+,50?,54-,55+,56-,57-,58-,59-,60-,61-,62-,63+,64+/m1/s1. The van der Waals surface area contributed by atoms with Crippen molar-refractivity contribution in [3.63, 3.8) is 0 Å². The molecule has 15 atom stereocenters. The maximum absolute atomic E-state index is 14.6. The number of ether oxygens (including phenoxy) is 3. The first kappa shape index (κ1) is 105. The van der Waals surface area contributed by atoms with Gasteiger partial charge in [-0.05, 0) is 115 Å². The second-order valence-electron chi connectivity index (χ2n) is 31.2. The number of cyclic esters (lactones) is 1. The van der Waals surface area contributed by atoms with Gasteiger partial charge in [0.15, 0.2) is 11.2 Å². The second kappa shape index (κ2) is 52.8. The fourth-order valence-corrected chi connectivity index (χ4v) is 13.5. The molecular weight excluding hydrogens is 1710 g/mol. The van der Waals surface area contributed by atoms with Crippen molar-refractivity contribution < 1.29 is 132 Å². The van der Waals surface area contributed by atoms with E-state index in [1.165, 1.54) is 42.2 Å². The van der Waals surface area contributed by atoms with Crippen molar-refractivity contribution in [2.75, 3.05) is 30.7 Å². The number of hydrogen-bond donors (Lipinski definition) is 20. The Morgan fingerprint density at radius 2 is 1.24 bits per heavy atom. The van der Waals surface area contributed by atoms with Gasteiger partial charge in [-0.1, -0.05) is 78.8 Å². The zero-order valence-corrected chi connectivity index (χ0v) is 72.4. The number of aryl methyl sites for hydroxylation is 1. The fraction of sp³-hybridized carbons (Fsp3) is 0.500. The molecule has 1 saturated heterocycles. The second-order valence-corrected chi connectivity index (χ2v) is 31.2. The lowest BCUT2D eigenvalue weighted by molar-refractivity contribution is -0.145. The number of aliphatic carboxylic acids is 6. The fourth-order valence-electron chi connectivity index (χ4n) is 13.5. The molecule has 0 aliphatic carbocycles. The van der Waals surface area contributed by atoms with Crippen LogP contribution in [-0.4, -0.2) is 263 Å². The first-order valence-corrected chi connectivity index (χ1v) is 41.8. The van der Waals surface area contributed by atoms with Crippen LogP contribution in [0.15, 0.2) is 109 Å². The monoisotopic (exact) mass is 1820 g/mol. The van der Waals surface area contributed by atoms with Gasteiger partial charge in [-0.2, -0.15) is 9.97 Å². The van der Waals surface area contributed by atoms with E-state index in [4.69, 9.17) is 25.7 Å². The Morgan fingerprint density at radius 3 is 1.80 bits per heavy atom. The van der Waals surface area contributed by atoms with Gasteiger partial charge in [-0.15, -0.1) is 5.10 Å². The van der Waals surface area contributed by atoms with Crippen LogP contribution in [0.4, 0.5) is 16.4 Å². The van der Waals surface area contributed by atoms with Gasteiger partial charge in [0.2, 0.25) is 53.2 Å². The third kappa shape index (κ3) is 37.0. The van der Waals surface area contributed by atoms with Crippen LogP contribution in [0.1, 0.15) is 160 Å². The minimum Gasteiger partial charge on any atom is -0.492 e. The number of anilines is 2. The molecule has 6 rings (SSSR count). The Hall–Kier alpha value is -14.2. The smallest absolute Gasteiger partial charge is 0.407 e. The number of aromatic hydroxyl groups is 1. The number of hydrogen-bond acceptors (Lipinski definition) is 30. The highest BCUT2D eigenvalue weighted by atomic mass is 16.6. The average molecular weight is 1820 g/mol. The zero-order chi connectivity index (χ0) is 95.8. The number of carboxylic acid groups (broad SMARTS) is 6. The molecule has 2 aliphatic rings. The van der Waals surface area contributed by atoms with E-state index >= 15 is 0 Å². The Bertz CT molecular complexity index is 4860. The summed E-state index contributed by atoms with van der Waals surface area (Å²) in [5.74, 6) is -22.5. The maximum atomic E-state index is 14.6. The van der Waals surface area contributed by atoms with E-state index in [1.54, 1.807) is 18.2 Å². The number of aromatic nitrogens is 7. The molecule has 0 radical (unpaired) electrons. The highest BCUT2D eigenvalue weighted by molar-refractivity contribution is 6.01. The molecule has 46 heteroatoms. The normalized spacial score (nSPS) is 18.1. The summed E-state index contributed by atoms with van der Waals surface area (Å²) in [5.41, 5.74) is 14.6. The molecule has 22 N–H and O–H groups in total. The molecule has 0 bridgehead atoms. The third-order valence-corrected chi connectivity index (χ3v) is 20.3. The molecule has 5 heterocycles. The Labute approximate surface area is 745 Å². The summed E-state index contributed by atoms with van der Waals surface area (Å²) >= 11 is 0. The van der Waals surface area contributed by atoms with Crippen molar-refractivity contribution >= 4 is 118 Å². The van der Waals surface area contributed by atoms with Crippen LogP contribution < -0.4 is 64.6 Å². The molecule has 0 spiro atoms. The van der Waals surface area contributed by atoms with Crippen LogP contribution in [0, 0.1) is 17.8 Å². The topological polar surface area (TPSA) is 717 Å². The van der Waals surface area contributed by atoms with Gasteiger partial charge >= 0.3 is 47.9 Å². The van der Waals surface area contributed by atoms with Crippen molar-refractivity contribution in [3.8, 4) is 5.88 Å². The zero-order valence-electron chi connectivity index (χ0n) is 72.4. The molecule has 9 amide bonds. The molecule has 4 aromatic rings. The molecule has 130 heavy (non-hydrogen) atoms. The molecule has 1 unspecified atom stereocenters. The number of aliphatic hydroxyl groups excluding tert-OH is 1. The number of nitrogens with two attached hydrogens (primary N) is 2. The van der Waals surface area contributed by atoms with Gasteiger partial charge in [0.25, 0.3) is 5.91 Å². The molecule has 46 nitrogen and oxygen atoms in total. The van der Waals surface area contributed by atoms with E-state index in [0.717, 1.165) is 11.1 Å². The summed E-state index contributed by atoms with van der Waals surface area (Å²) in [6.45, 7) is 11.1. The number of unbranched alkanes of at least 4 members (excludes halogenated alkanes) is 1. The van der Waals surface area contributed by atoms with Gasteiger partial charge in [0, 0.05) is 80.2 Å². The number of allylic oxidation sites excluding steroid dienone is 7. The van der Waals surface area contributed by atoms with E-state index in [2.05, 4.69) is 80.5 Å².